The second-order valence-corrected chi connectivity index (χ2v) is 6.45. The Morgan fingerprint density at radius 2 is 1.58 bits per heavy atom. The van der Waals surface area contributed by atoms with Crippen LogP contribution in [0, 0.1) is 6.92 Å². The lowest BCUT2D eigenvalue weighted by Gasteiger charge is -2.14. The molecule has 0 N–H and O–H groups in total. The Kier molecular flexibility index (Phi) is 4.19. The van der Waals surface area contributed by atoms with Crippen molar-refractivity contribution in [1.29, 1.82) is 0 Å². The third-order valence-electron chi connectivity index (χ3n) is 2.92. The Bertz CT molecular complexity index is 601. The molecule has 98 valence electrons. The molecule has 2 aromatic carbocycles. The van der Waals surface area contributed by atoms with Gasteiger partial charge >= 0.3 is 0 Å². The molecule has 4 heteroatoms. The molecule has 0 spiro atoms. The maximum Gasteiger partial charge on any atom is 0.253 e. The molecule has 0 unspecified atom stereocenters. The fourth-order valence-corrected chi connectivity index (χ4v) is 2.27. The first kappa shape index (κ1) is 14.4. The van der Waals surface area contributed by atoms with E-state index in [0.29, 0.717) is 5.56 Å². The monoisotopic (exact) mass is 312 g/mol. The van der Waals surface area contributed by atoms with Crippen molar-refractivity contribution in [3.8, 4) is 11.1 Å². The number of Topliss-reactive ketones (excluding diaryl/α,β-unsaturated/α-hetero) is 1. The van der Waals surface area contributed by atoms with Crippen LogP contribution in [0.3, 0.4) is 0 Å². The summed E-state index contributed by atoms with van der Waals surface area (Å²) in [6.07, 6.45) is 0. The van der Waals surface area contributed by atoms with Crippen LogP contribution >= 0.6 is 34.8 Å². The van der Waals surface area contributed by atoms with E-state index in [1.807, 2.05) is 43.3 Å². The highest BCUT2D eigenvalue weighted by Gasteiger charge is 2.32. The number of ketones is 1. The van der Waals surface area contributed by atoms with Gasteiger partial charge in [0.2, 0.25) is 5.78 Å². The first-order valence-electron chi connectivity index (χ1n) is 5.68. The molecule has 0 radical (unpaired) electrons. The van der Waals surface area contributed by atoms with E-state index in [1.165, 1.54) is 0 Å². The number of benzene rings is 2. The molecule has 0 heterocycles. The summed E-state index contributed by atoms with van der Waals surface area (Å²) in [6, 6.07) is 15.2. The fraction of sp³-hybridized carbons (Fsp3) is 0.133. The molecule has 0 saturated heterocycles. The van der Waals surface area contributed by atoms with Gasteiger partial charge in [0.1, 0.15) is 0 Å². The number of halogens is 3. The molecule has 0 saturated carbocycles. The average Bonchev–Trinajstić information content (AvgIpc) is 2.38. The summed E-state index contributed by atoms with van der Waals surface area (Å²) in [5, 5.41) is 0. The van der Waals surface area contributed by atoms with Gasteiger partial charge in [-0.15, -0.1) is 0 Å². The zero-order valence-electron chi connectivity index (χ0n) is 10.2. The van der Waals surface area contributed by atoms with E-state index in [1.54, 1.807) is 12.1 Å². The normalized spacial score (nSPS) is 11.4. The van der Waals surface area contributed by atoms with Crippen molar-refractivity contribution in [2.75, 3.05) is 0 Å². The van der Waals surface area contributed by atoms with Gasteiger partial charge in [0, 0.05) is 5.56 Å². The standard InChI is InChI=1S/C15H11Cl3O/c1-10-12(11-6-3-2-4-7-11)8-5-9-13(10)14(19)15(16,17)18/h2-9H,1H3. The molecule has 2 rings (SSSR count). The number of carbonyl (C=O) groups excluding carboxylic acids is 1. The predicted molar refractivity (Wildman–Crippen MR) is 81.2 cm³/mol. The van der Waals surface area contributed by atoms with E-state index in [2.05, 4.69) is 0 Å². The Morgan fingerprint density at radius 3 is 2.16 bits per heavy atom. The van der Waals surface area contributed by atoms with Crippen molar-refractivity contribution in [3.05, 3.63) is 59.7 Å². The SMILES string of the molecule is Cc1c(C(=O)C(Cl)(Cl)Cl)cccc1-c1ccccc1. The van der Waals surface area contributed by atoms with Crippen molar-refractivity contribution in [2.45, 2.75) is 10.7 Å². The van der Waals surface area contributed by atoms with Crippen LogP contribution in [-0.2, 0) is 0 Å². The molecule has 0 aliphatic heterocycles. The summed E-state index contributed by atoms with van der Waals surface area (Å²) in [6.45, 7) is 1.85. The first-order valence-corrected chi connectivity index (χ1v) is 6.81. The number of carbonyl (C=O) groups is 1. The van der Waals surface area contributed by atoms with Crippen molar-refractivity contribution in [3.63, 3.8) is 0 Å². The number of rotatable bonds is 2. The maximum absolute atomic E-state index is 12.1. The second-order valence-electron chi connectivity index (χ2n) is 4.17. The van der Waals surface area contributed by atoms with Gasteiger partial charge in [-0.1, -0.05) is 83.3 Å². The Labute approximate surface area is 127 Å². The van der Waals surface area contributed by atoms with Gasteiger partial charge in [-0.05, 0) is 23.6 Å². The van der Waals surface area contributed by atoms with Crippen LogP contribution in [0.2, 0.25) is 0 Å². The van der Waals surface area contributed by atoms with Crippen molar-refractivity contribution < 1.29 is 4.79 Å². The largest absolute Gasteiger partial charge is 0.289 e. The molecule has 0 atom stereocenters. The van der Waals surface area contributed by atoms with Crippen molar-refractivity contribution in [2.24, 2.45) is 0 Å². The van der Waals surface area contributed by atoms with Gasteiger partial charge in [0.25, 0.3) is 3.79 Å². The molecule has 1 nitrogen and oxygen atoms in total. The van der Waals surface area contributed by atoms with Gasteiger partial charge in [0.15, 0.2) is 0 Å². The third kappa shape index (κ3) is 3.11. The maximum atomic E-state index is 12.1. The Hall–Kier alpha value is -1.02. The van der Waals surface area contributed by atoms with Crippen LogP contribution in [0.1, 0.15) is 15.9 Å². The molecule has 0 bridgehead atoms. The number of alkyl halides is 3. The van der Waals surface area contributed by atoms with Crippen LogP contribution in [0.5, 0.6) is 0 Å². The van der Waals surface area contributed by atoms with Gasteiger partial charge in [0.05, 0.1) is 0 Å². The summed E-state index contributed by atoms with van der Waals surface area (Å²) >= 11 is 17.0. The van der Waals surface area contributed by atoms with Crippen molar-refractivity contribution >= 4 is 40.6 Å². The summed E-state index contributed by atoms with van der Waals surface area (Å²) < 4.78 is -1.93. The molecule has 19 heavy (non-hydrogen) atoms. The smallest absolute Gasteiger partial charge is 0.253 e. The highest BCUT2D eigenvalue weighted by molar-refractivity contribution is 6.77. The van der Waals surface area contributed by atoms with Crippen LogP contribution in [0.15, 0.2) is 48.5 Å². The zero-order chi connectivity index (χ0) is 14.0. The van der Waals surface area contributed by atoms with Gasteiger partial charge in [-0.25, -0.2) is 0 Å². The summed E-state index contributed by atoms with van der Waals surface area (Å²) in [5.41, 5.74) is 3.23. The molecule has 2 aromatic rings. The Balaban J connectivity index is 2.54. The van der Waals surface area contributed by atoms with Crippen molar-refractivity contribution in [1.82, 2.24) is 0 Å². The van der Waals surface area contributed by atoms with Crippen LogP contribution in [-0.4, -0.2) is 9.58 Å². The molecule has 0 amide bonds. The molecule has 0 aromatic heterocycles. The van der Waals surface area contributed by atoms with E-state index in [4.69, 9.17) is 34.8 Å². The molecule has 0 aliphatic rings. The molecule has 0 aliphatic carbocycles. The predicted octanol–water partition coefficient (Wildman–Crippen LogP) is 5.21. The van der Waals surface area contributed by atoms with Gasteiger partial charge in [-0.3, -0.25) is 4.79 Å². The van der Waals surface area contributed by atoms with E-state index < -0.39 is 9.58 Å². The van der Waals surface area contributed by atoms with E-state index in [9.17, 15) is 4.79 Å². The average molecular weight is 314 g/mol. The second kappa shape index (κ2) is 5.54. The quantitative estimate of drug-likeness (QED) is 0.549. The molecule has 0 fully saturated rings. The minimum Gasteiger partial charge on any atom is -0.289 e. The fourth-order valence-electron chi connectivity index (χ4n) is 1.96. The minimum absolute atomic E-state index is 0.432. The van der Waals surface area contributed by atoms with Crippen LogP contribution < -0.4 is 0 Å². The number of hydrogen-bond acceptors (Lipinski definition) is 1. The lowest BCUT2D eigenvalue weighted by atomic mass is 9.95. The third-order valence-corrected chi connectivity index (χ3v) is 3.44. The summed E-state index contributed by atoms with van der Waals surface area (Å²) in [7, 11) is 0. The van der Waals surface area contributed by atoms with Gasteiger partial charge < -0.3 is 0 Å². The lowest BCUT2D eigenvalue weighted by Crippen LogP contribution is -2.20. The lowest BCUT2D eigenvalue weighted by molar-refractivity contribution is 0.0996. The van der Waals surface area contributed by atoms with Gasteiger partial charge in [-0.2, -0.15) is 0 Å². The highest BCUT2D eigenvalue weighted by atomic mass is 35.6. The van der Waals surface area contributed by atoms with Crippen LogP contribution in [0.4, 0.5) is 0 Å². The molecular weight excluding hydrogens is 303 g/mol. The van der Waals surface area contributed by atoms with E-state index in [-0.39, 0.29) is 0 Å². The number of hydrogen-bond donors (Lipinski definition) is 0. The topological polar surface area (TPSA) is 17.1 Å². The van der Waals surface area contributed by atoms with Crippen LogP contribution in [0.25, 0.3) is 11.1 Å². The molecular formula is C15H11Cl3O. The highest BCUT2D eigenvalue weighted by Crippen LogP contribution is 2.34. The van der Waals surface area contributed by atoms with E-state index in [0.717, 1.165) is 16.7 Å². The summed E-state index contributed by atoms with van der Waals surface area (Å²) in [5.74, 6) is -0.507. The van der Waals surface area contributed by atoms with E-state index >= 15 is 0 Å². The minimum atomic E-state index is -1.93. The summed E-state index contributed by atoms with van der Waals surface area (Å²) in [4.78, 5) is 12.1. The first-order chi connectivity index (χ1) is 8.91. The Morgan fingerprint density at radius 1 is 0.947 bits per heavy atom. The zero-order valence-corrected chi connectivity index (χ0v) is 12.4.